The van der Waals surface area contributed by atoms with Gasteiger partial charge in [-0.25, -0.2) is 4.79 Å². The average Bonchev–Trinajstić information content (AvgIpc) is 2.98. The number of piperidine rings is 1. The van der Waals surface area contributed by atoms with E-state index in [4.69, 9.17) is 0 Å². The van der Waals surface area contributed by atoms with E-state index < -0.39 is 0 Å². The van der Waals surface area contributed by atoms with Crippen molar-refractivity contribution in [2.24, 2.45) is 5.92 Å². The Bertz CT molecular complexity index is 892. The van der Waals surface area contributed by atoms with Gasteiger partial charge in [0.05, 0.1) is 0 Å². The molecule has 134 valence electrons. The third-order valence-electron chi connectivity index (χ3n) is 5.45. The molecule has 1 saturated heterocycles. The Labute approximate surface area is 154 Å². The Morgan fingerprint density at radius 2 is 1.77 bits per heavy atom. The normalized spacial score (nSPS) is 15.3. The van der Waals surface area contributed by atoms with Gasteiger partial charge in [-0.15, -0.1) is 0 Å². The van der Waals surface area contributed by atoms with Crippen LogP contribution in [0, 0.1) is 12.8 Å². The average molecular weight is 347 g/mol. The van der Waals surface area contributed by atoms with Crippen LogP contribution < -0.4 is 5.32 Å². The van der Waals surface area contributed by atoms with Crippen LogP contribution in [0.4, 0.5) is 10.5 Å². The molecule has 4 heteroatoms. The maximum absolute atomic E-state index is 12.4. The van der Waals surface area contributed by atoms with Gasteiger partial charge in [-0.05, 0) is 55.9 Å². The molecule has 0 radical (unpaired) electrons. The molecule has 2 amide bonds. The number of fused-ring (bicyclic) bond motifs is 1. The molecule has 0 saturated carbocycles. The number of benzene rings is 2. The van der Waals surface area contributed by atoms with Crippen LogP contribution in [0.25, 0.3) is 10.9 Å². The maximum Gasteiger partial charge on any atom is 0.321 e. The van der Waals surface area contributed by atoms with Gasteiger partial charge in [-0.3, -0.25) is 0 Å². The number of carbonyl (C=O) groups is 1. The lowest BCUT2D eigenvalue weighted by molar-refractivity contribution is 0.182. The molecule has 1 fully saturated rings. The van der Waals surface area contributed by atoms with Crippen molar-refractivity contribution in [1.82, 2.24) is 9.88 Å². The van der Waals surface area contributed by atoms with Gasteiger partial charge in [0.2, 0.25) is 0 Å². The summed E-state index contributed by atoms with van der Waals surface area (Å²) in [5, 5.41) is 4.33. The Morgan fingerprint density at radius 3 is 2.54 bits per heavy atom. The molecule has 26 heavy (non-hydrogen) atoms. The van der Waals surface area contributed by atoms with Gasteiger partial charge < -0.3 is 15.2 Å². The fraction of sp³-hybridized carbons (Fsp3) is 0.318. The highest BCUT2D eigenvalue weighted by Gasteiger charge is 2.24. The highest BCUT2D eigenvalue weighted by molar-refractivity contribution is 5.89. The molecular formula is C22H25N3O. The van der Waals surface area contributed by atoms with E-state index in [9.17, 15) is 4.79 Å². The zero-order valence-corrected chi connectivity index (χ0v) is 15.2. The molecule has 0 atom stereocenters. The molecule has 0 bridgehead atoms. The number of hydrogen-bond acceptors (Lipinski definition) is 1. The molecule has 0 spiro atoms. The van der Waals surface area contributed by atoms with Crippen molar-refractivity contribution in [3.8, 4) is 0 Å². The Hall–Kier alpha value is -2.75. The first-order valence-corrected chi connectivity index (χ1v) is 9.38. The minimum absolute atomic E-state index is 0.0120. The van der Waals surface area contributed by atoms with E-state index >= 15 is 0 Å². The molecule has 4 nitrogen and oxygen atoms in total. The molecule has 1 aliphatic rings. The molecule has 3 aromatic rings. The molecule has 0 unspecified atom stereocenters. The quantitative estimate of drug-likeness (QED) is 0.691. The summed E-state index contributed by atoms with van der Waals surface area (Å²) >= 11 is 0. The number of aromatic nitrogens is 1. The summed E-state index contributed by atoms with van der Waals surface area (Å²) < 4.78 is 0. The van der Waals surface area contributed by atoms with Gasteiger partial charge >= 0.3 is 6.03 Å². The first-order valence-electron chi connectivity index (χ1n) is 9.38. The predicted molar refractivity (Wildman–Crippen MR) is 106 cm³/mol. The smallest absolute Gasteiger partial charge is 0.321 e. The monoisotopic (exact) mass is 347 g/mol. The number of anilines is 1. The Balaban J connectivity index is 1.36. The van der Waals surface area contributed by atoms with E-state index in [1.807, 2.05) is 35.2 Å². The topological polar surface area (TPSA) is 48.1 Å². The zero-order valence-electron chi connectivity index (χ0n) is 15.2. The van der Waals surface area contributed by atoms with Crippen LogP contribution in [0.2, 0.25) is 0 Å². The summed E-state index contributed by atoms with van der Waals surface area (Å²) in [6.45, 7) is 3.81. The summed E-state index contributed by atoms with van der Waals surface area (Å²) in [4.78, 5) is 17.9. The SMILES string of the molecule is Cc1[nH]c2ccccc2c1CC1CCN(C(=O)Nc2ccccc2)CC1. The Kier molecular flexibility index (Phi) is 4.65. The summed E-state index contributed by atoms with van der Waals surface area (Å²) in [5.41, 5.74) is 4.79. The number of amides is 2. The largest absolute Gasteiger partial charge is 0.358 e. The van der Waals surface area contributed by atoms with Gasteiger partial charge in [-0.1, -0.05) is 36.4 Å². The van der Waals surface area contributed by atoms with E-state index in [2.05, 4.69) is 41.5 Å². The number of aryl methyl sites for hydroxylation is 1. The summed E-state index contributed by atoms with van der Waals surface area (Å²) in [5.74, 6) is 0.633. The molecule has 2 aromatic carbocycles. The molecular weight excluding hydrogens is 322 g/mol. The van der Waals surface area contributed by atoms with Crippen molar-refractivity contribution >= 4 is 22.6 Å². The maximum atomic E-state index is 12.4. The first-order chi connectivity index (χ1) is 12.7. The standard InChI is InChI=1S/C22H25N3O/c1-16-20(19-9-5-6-10-21(19)23-16)15-17-11-13-25(14-12-17)22(26)24-18-7-3-2-4-8-18/h2-10,17,23H,11-15H2,1H3,(H,24,26). The first kappa shape index (κ1) is 16.7. The van der Waals surface area contributed by atoms with Crippen LogP contribution >= 0.6 is 0 Å². The van der Waals surface area contributed by atoms with Gasteiger partial charge in [-0.2, -0.15) is 0 Å². The molecule has 4 rings (SSSR count). The number of rotatable bonds is 3. The fourth-order valence-corrected chi connectivity index (χ4v) is 3.95. The van der Waals surface area contributed by atoms with Crippen molar-refractivity contribution in [2.45, 2.75) is 26.2 Å². The number of aromatic amines is 1. The molecule has 2 N–H and O–H groups in total. The highest BCUT2D eigenvalue weighted by Crippen LogP contribution is 2.28. The lowest BCUT2D eigenvalue weighted by Crippen LogP contribution is -2.41. The number of para-hydroxylation sites is 2. The van der Waals surface area contributed by atoms with E-state index in [-0.39, 0.29) is 6.03 Å². The van der Waals surface area contributed by atoms with Crippen LogP contribution in [0.15, 0.2) is 54.6 Å². The van der Waals surface area contributed by atoms with Crippen LogP contribution in [0.1, 0.15) is 24.1 Å². The van der Waals surface area contributed by atoms with Crippen molar-refractivity contribution in [3.05, 3.63) is 65.9 Å². The lowest BCUT2D eigenvalue weighted by atomic mass is 9.89. The number of H-pyrrole nitrogens is 1. The molecule has 1 aromatic heterocycles. The fourth-order valence-electron chi connectivity index (χ4n) is 3.95. The number of hydrogen-bond donors (Lipinski definition) is 2. The van der Waals surface area contributed by atoms with Crippen LogP contribution in [-0.2, 0) is 6.42 Å². The number of nitrogens with one attached hydrogen (secondary N) is 2. The van der Waals surface area contributed by atoms with Crippen molar-refractivity contribution in [1.29, 1.82) is 0 Å². The van der Waals surface area contributed by atoms with E-state index in [0.29, 0.717) is 5.92 Å². The zero-order chi connectivity index (χ0) is 17.9. The summed E-state index contributed by atoms with van der Waals surface area (Å²) in [6.07, 6.45) is 3.20. The molecule has 1 aliphatic heterocycles. The van der Waals surface area contributed by atoms with Crippen molar-refractivity contribution in [3.63, 3.8) is 0 Å². The third kappa shape index (κ3) is 3.45. The van der Waals surface area contributed by atoms with Gasteiger partial charge in [0.15, 0.2) is 0 Å². The van der Waals surface area contributed by atoms with Gasteiger partial charge in [0.25, 0.3) is 0 Å². The van der Waals surface area contributed by atoms with Gasteiger partial charge in [0.1, 0.15) is 0 Å². The minimum atomic E-state index is 0.0120. The van der Waals surface area contributed by atoms with Gasteiger partial charge in [0, 0.05) is 35.4 Å². The van der Waals surface area contributed by atoms with Crippen LogP contribution in [0.5, 0.6) is 0 Å². The lowest BCUT2D eigenvalue weighted by Gasteiger charge is -2.32. The Morgan fingerprint density at radius 1 is 1.08 bits per heavy atom. The number of carbonyl (C=O) groups excluding carboxylic acids is 1. The summed E-state index contributed by atoms with van der Waals surface area (Å²) in [7, 11) is 0. The van der Waals surface area contributed by atoms with Crippen molar-refractivity contribution in [2.75, 3.05) is 18.4 Å². The summed E-state index contributed by atoms with van der Waals surface area (Å²) in [6, 6.07) is 18.2. The second kappa shape index (κ2) is 7.24. The van der Waals surface area contributed by atoms with Crippen LogP contribution in [0.3, 0.4) is 0 Å². The van der Waals surface area contributed by atoms with Crippen LogP contribution in [-0.4, -0.2) is 29.0 Å². The predicted octanol–water partition coefficient (Wildman–Crippen LogP) is 4.96. The highest BCUT2D eigenvalue weighted by atomic mass is 16.2. The van der Waals surface area contributed by atoms with E-state index in [0.717, 1.165) is 38.0 Å². The number of likely N-dealkylation sites (tertiary alicyclic amines) is 1. The second-order valence-electron chi connectivity index (χ2n) is 7.20. The number of urea groups is 1. The molecule has 0 aliphatic carbocycles. The van der Waals surface area contributed by atoms with Crippen molar-refractivity contribution < 1.29 is 4.79 Å². The molecule has 2 heterocycles. The second-order valence-corrected chi connectivity index (χ2v) is 7.20. The van der Waals surface area contributed by atoms with E-state index in [1.165, 1.54) is 22.2 Å². The number of nitrogens with zero attached hydrogens (tertiary/aromatic N) is 1. The van der Waals surface area contributed by atoms with E-state index in [1.54, 1.807) is 0 Å². The third-order valence-corrected chi connectivity index (χ3v) is 5.45. The minimum Gasteiger partial charge on any atom is -0.358 e.